The number of esters is 1. The van der Waals surface area contributed by atoms with Crippen LogP contribution in [0.1, 0.15) is 48.5 Å². The fourth-order valence-corrected chi connectivity index (χ4v) is 3.56. The molecule has 0 saturated heterocycles. The van der Waals surface area contributed by atoms with Crippen molar-refractivity contribution in [3.63, 3.8) is 0 Å². The molecule has 1 aromatic heterocycles. The number of fused-ring (bicyclic) bond motifs is 1. The molecule has 4 heteroatoms. The lowest BCUT2D eigenvalue weighted by Gasteiger charge is -2.13. The zero-order valence-electron chi connectivity index (χ0n) is 10.6. The molecule has 3 nitrogen and oxygen atoms in total. The van der Waals surface area contributed by atoms with Crippen LogP contribution in [0.5, 0.6) is 0 Å². The van der Waals surface area contributed by atoms with E-state index in [0.29, 0.717) is 17.2 Å². The Morgan fingerprint density at radius 2 is 2.18 bits per heavy atom. The van der Waals surface area contributed by atoms with Gasteiger partial charge in [-0.15, -0.1) is 11.3 Å². The Hall–Kier alpha value is -1.29. The zero-order chi connectivity index (χ0) is 12.8. The van der Waals surface area contributed by atoms with Crippen molar-refractivity contribution in [3.05, 3.63) is 22.1 Å². The van der Waals surface area contributed by atoms with Crippen molar-refractivity contribution in [3.8, 4) is 0 Å². The normalized spacial score (nSPS) is 16.6. The molecule has 0 amide bonds. The molecule has 0 saturated carbocycles. The van der Waals surface area contributed by atoms with E-state index in [9.17, 15) is 4.79 Å². The van der Waals surface area contributed by atoms with Crippen LogP contribution in [0.3, 0.4) is 0 Å². The Balaban J connectivity index is 2.58. The number of ether oxygens (including phenoxy) is 1. The number of hydrogen-bond acceptors (Lipinski definition) is 4. The van der Waals surface area contributed by atoms with Crippen LogP contribution in [0.25, 0.3) is 5.57 Å². The second-order valence-corrected chi connectivity index (χ2v) is 5.87. The third-order valence-electron chi connectivity index (χ3n) is 2.97. The third kappa shape index (κ3) is 1.76. The highest BCUT2D eigenvalue weighted by molar-refractivity contribution is 7.17. The summed E-state index contributed by atoms with van der Waals surface area (Å²) in [5.74, 6) is -0.312. The van der Waals surface area contributed by atoms with Gasteiger partial charge in [0.25, 0.3) is 0 Å². The summed E-state index contributed by atoms with van der Waals surface area (Å²) in [5.41, 5.74) is 8.56. The molecule has 0 aliphatic heterocycles. The van der Waals surface area contributed by atoms with E-state index >= 15 is 0 Å². The van der Waals surface area contributed by atoms with Gasteiger partial charge in [0.05, 0.1) is 6.61 Å². The van der Waals surface area contributed by atoms with Crippen LogP contribution < -0.4 is 5.73 Å². The molecule has 2 N–H and O–H groups in total. The van der Waals surface area contributed by atoms with Crippen LogP contribution in [-0.4, -0.2) is 12.6 Å². The van der Waals surface area contributed by atoms with E-state index in [1.807, 2.05) is 6.92 Å². The smallest absolute Gasteiger partial charge is 0.341 e. The van der Waals surface area contributed by atoms with Gasteiger partial charge in [0.1, 0.15) is 10.6 Å². The fraction of sp³-hybridized carbons (Fsp3) is 0.462. The maximum absolute atomic E-state index is 11.9. The molecule has 2 rings (SSSR count). The minimum atomic E-state index is -0.312. The van der Waals surface area contributed by atoms with Crippen molar-refractivity contribution in [2.75, 3.05) is 12.3 Å². The topological polar surface area (TPSA) is 52.3 Å². The first-order chi connectivity index (χ1) is 7.88. The molecule has 0 unspecified atom stereocenters. The molecule has 0 spiro atoms. The first-order valence-electron chi connectivity index (χ1n) is 5.68. The minimum Gasteiger partial charge on any atom is -0.462 e. The van der Waals surface area contributed by atoms with Gasteiger partial charge in [0, 0.05) is 15.9 Å². The quantitative estimate of drug-likeness (QED) is 0.821. The summed E-state index contributed by atoms with van der Waals surface area (Å²) in [4.78, 5) is 13.1. The summed E-state index contributed by atoms with van der Waals surface area (Å²) in [7, 11) is 0. The van der Waals surface area contributed by atoms with E-state index in [-0.39, 0.29) is 11.4 Å². The lowest BCUT2D eigenvalue weighted by Crippen LogP contribution is -2.09. The molecule has 1 heterocycles. The van der Waals surface area contributed by atoms with E-state index in [1.165, 1.54) is 11.3 Å². The van der Waals surface area contributed by atoms with Crippen LogP contribution in [0.2, 0.25) is 0 Å². The number of carbonyl (C=O) groups excluding carboxylic acids is 1. The van der Waals surface area contributed by atoms with Gasteiger partial charge in [-0.3, -0.25) is 0 Å². The Morgan fingerprint density at radius 1 is 1.53 bits per heavy atom. The van der Waals surface area contributed by atoms with Crippen molar-refractivity contribution in [2.45, 2.75) is 33.1 Å². The largest absolute Gasteiger partial charge is 0.462 e. The number of allylic oxidation sites excluding steroid dienone is 2. The van der Waals surface area contributed by atoms with Crippen LogP contribution in [0.15, 0.2) is 6.08 Å². The molecule has 0 aromatic carbocycles. The van der Waals surface area contributed by atoms with Crippen LogP contribution in [0.4, 0.5) is 5.00 Å². The first-order valence-corrected chi connectivity index (χ1v) is 6.49. The van der Waals surface area contributed by atoms with E-state index in [4.69, 9.17) is 10.5 Å². The zero-order valence-corrected chi connectivity index (χ0v) is 11.4. The predicted molar refractivity (Wildman–Crippen MR) is 71.4 cm³/mol. The SMILES string of the molecule is CCOC(=O)c1c(N)sc2c1C(C)=CC2(C)C. The lowest BCUT2D eigenvalue weighted by atomic mass is 9.94. The number of thiophene rings is 1. The molecule has 1 aliphatic rings. The summed E-state index contributed by atoms with van der Waals surface area (Å²) in [6.07, 6.45) is 2.18. The first kappa shape index (κ1) is 12.2. The van der Waals surface area contributed by atoms with Gasteiger partial charge in [-0.1, -0.05) is 19.9 Å². The lowest BCUT2D eigenvalue weighted by molar-refractivity contribution is 0.0528. The average molecular weight is 251 g/mol. The number of carbonyl (C=O) groups is 1. The van der Waals surface area contributed by atoms with Gasteiger partial charge in [0.15, 0.2) is 0 Å². The fourth-order valence-electron chi connectivity index (χ4n) is 2.36. The molecule has 0 bridgehead atoms. The molecular weight excluding hydrogens is 234 g/mol. The van der Waals surface area contributed by atoms with E-state index in [0.717, 1.165) is 16.0 Å². The molecule has 0 radical (unpaired) electrons. The van der Waals surface area contributed by atoms with Gasteiger partial charge in [0.2, 0.25) is 0 Å². The van der Waals surface area contributed by atoms with Gasteiger partial charge in [-0.25, -0.2) is 4.79 Å². The summed E-state index contributed by atoms with van der Waals surface area (Å²) >= 11 is 1.49. The Bertz CT molecular complexity index is 512. The van der Waals surface area contributed by atoms with Crippen LogP contribution in [-0.2, 0) is 10.2 Å². The van der Waals surface area contributed by atoms with Crippen molar-refractivity contribution in [2.24, 2.45) is 0 Å². The second-order valence-electron chi connectivity index (χ2n) is 4.81. The summed E-state index contributed by atoms with van der Waals surface area (Å²) in [6, 6.07) is 0. The van der Waals surface area contributed by atoms with Gasteiger partial charge in [-0.05, 0) is 19.4 Å². The molecule has 0 fully saturated rings. The number of anilines is 1. The van der Waals surface area contributed by atoms with E-state index < -0.39 is 0 Å². The molecule has 1 aliphatic carbocycles. The molecule has 17 heavy (non-hydrogen) atoms. The molecule has 1 aromatic rings. The van der Waals surface area contributed by atoms with Gasteiger partial charge in [-0.2, -0.15) is 0 Å². The number of rotatable bonds is 2. The molecule has 0 atom stereocenters. The highest BCUT2D eigenvalue weighted by Gasteiger charge is 2.36. The van der Waals surface area contributed by atoms with Crippen LogP contribution >= 0.6 is 11.3 Å². The van der Waals surface area contributed by atoms with Crippen molar-refractivity contribution in [1.82, 2.24) is 0 Å². The molecule has 92 valence electrons. The van der Waals surface area contributed by atoms with Gasteiger partial charge >= 0.3 is 5.97 Å². The number of hydrogen-bond donors (Lipinski definition) is 1. The van der Waals surface area contributed by atoms with Crippen LogP contribution in [0, 0.1) is 0 Å². The standard InChI is InChI=1S/C13H17NO2S/c1-5-16-12(15)9-8-7(2)6-13(3,4)10(8)17-11(9)14/h6H,5,14H2,1-4H3. The molecular formula is C13H17NO2S. The third-order valence-corrected chi connectivity index (χ3v) is 4.33. The highest BCUT2D eigenvalue weighted by atomic mass is 32.1. The Morgan fingerprint density at radius 3 is 2.76 bits per heavy atom. The number of nitrogens with two attached hydrogens (primary N) is 1. The number of nitrogen functional groups attached to an aromatic ring is 1. The van der Waals surface area contributed by atoms with Crippen molar-refractivity contribution >= 4 is 27.9 Å². The predicted octanol–water partition coefficient (Wildman–Crippen LogP) is 3.20. The highest BCUT2D eigenvalue weighted by Crippen LogP contribution is 2.48. The van der Waals surface area contributed by atoms with Crippen molar-refractivity contribution in [1.29, 1.82) is 0 Å². The van der Waals surface area contributed by atoms with E-state index in [1.54, 1.807) is 6.92 Å². The van der Waals surface area contributed by atoms with Gasteiger partial charge < -0.3 is 10.5 Å². The Kier molecular flexibility index (Phi) is 2.78. The second kappa shape index (κ2) is 3.88. The Labute approximate surface area is 105 Å². The maximum atomic E-state index is 11.9. The van der Waals surface area contributed by atoms with E-state index in [2.05, 4.69) is 19.9 Å². The maximum Gasteiger partial charge on any atom is 0.341 e. The average Bonchev–Trinajstić information content (AvgIpc) is 2.64. The minimum absolute atomic E-state index is 0.0387. The monoisotopic (exact) mass is 251 g/mol. The summed E-state index contributed by atoms with van der Waals surface area (Å²) in [6.45, 7) is 8.45. The van der Waals surface area contributed by atoms with Crippen molar-refractivity contribution < 1.29 is 9.53 Å². The summed E-state index contributed by atoms with van der Waals surface area (Å²) < 4.78 is 5.07. The summed E-state index contributed by atoms with van der Waals surface area (Å²) in [5, 5.41) is 0.564.